The molecule has 2 amide bonds. The maximum Gasteiger partial charge on any atom is 0.273 e. The van der Waals surface area contributed by atoms with E-state index in [4.69, 9.17) is 9.52 Å². The molecule has 11 nitrogen and oxygen atoms in total. The summed E-state index contributed by atoms with van der Waals surface area (Å²) in [5.41, 5.74) is 2.08. The molecule has 2 heterocycles. The third-order valence-corrected chi connectivity index (χ3v) is 8.76. The number of methoxy groups -OCH3 is 1. The second-order valence-corrected chi connectivity index (χ2v) is 12.7. The van der Waals surface area contributed by atoms with Crippen molar-refractivity contribution >= 4 is 38.7 Å². The van der Waals surface area contributed by atoms with Crippen LogP contribution in [-0.2, 0) is 14.5 Å². The van der Waals surface area contributed by atoms with E-state index in [0.717, 1.165) is 12.8 Å². The summed E-state index contributed by atoms with van der Waals surface area (Å²) in [6, 6.07) is 10.3. The molecule has 0 saturated heterocycles. The number of hydrogen-bond acceptors (Lipinski definition) is 9. The van der Waals surface area contributed by atoms with Crippen molar-refractivity contribution in [2.45, 2.75) is 43.3 Å². The first kappa shape index (κ1) is 27.0. The number of benzene rings is 1. The molecule has 200 valence electrons. The lowest BCUT2D eigenvalue weighted by molar-refractivity contribution is -0.117. The van der Waals surface area contributed by atoms with Gasteiger partial charge in [0.25, 0.3) is 5.91 Å². The molecule has 12 heteroatoms. The third kappa shape index (κ3) is 5.44. The van der Waals surface area contributed by atoms with Gasteiger partial charge in [-0.15, -0.1) is 10.2 Å². The fourth-order valence-electron chi connectivity index (χ4n) is 3.67. The van der Waals surface area contributed by atoms with Crippen LogP contribution < -0.4 is 20.7 Å². The van der Waals surface area contributed by atoms with Gasteiger partial charge in [0.2, 0.25) is 5.91 Å². The van der Waals surface area contributed by atoms with Gasteiger partial charge in [0.05, 0.1) is 38.8 Å². The summed E-state index contributed by atoms with van der Waals surface area (Å²) in [6.07, 6.45) is 3.14. The second kappa shape index (κ2) is 10.4. The lowest BCUT2D eigenvalue weighted by Crippen LogP contribution is -2.26. The van der Waals surface area contributed by atoms with Gasteiger partial charge in [-0.05, 0) is 57.9 Å². The quantitative estimate of drug-likeness (QED) is 0.333. The molecule has 1 aromatic carbocycles. The van der Waals surface area contributed by atoms with E-state index in [9.17, 15) is 13.8 Å². The SMILES string of the molecule is CNC(=O)c1nnc(NC(=O)C2CC2)cc1Nc1cccc(-c2ccc(S(=N)(=O)C(C)(C)C)cn2)c1OC. The smallest absolute Gasteiger partial charge is 0.273 e. The Morgan fingerprint density at radius 3 is 2.42 bits per heavy atom. The summed E-state index contributed by atoms with van der Waals surface area (Å²) >= 11 is 0. The van der Waals surface area contributed by atoms with Crippen molar-refractivity contribution in [1.82, 2.24) is 20.5 Å². The van der Waals surface area contributed by atoms with E-state index in [2.05, 4.69) is 31.1 Å². The van der Waals surface area contributed by atoms with Gasteiger partial charge in [-0.3, -0.25) is 14.6 Å². The number of anilines is 3. The first-order valence-electron chi connectivity index (χ1n) is 12.1. The van der Waals surface area contributed by atoms with Crippen LogP contribution in [0.3, 0.4) is 0 Å². The molecule has 1 saturated carbocycles. The Morgan fingerprint density at radius 2 is 1.84 bits per heavy atom. The second-order valence-electron chi connectivity index (χ2n) is 9.89. The predicted molar refractivity (Wildman–Crippen MR) is 145 cm³/mol. The largest absolute Gasteiger partial charge is 0.494 e. The van der Waals surface area contributed by atoms with Gasteiger partial charge < -0.3 is 20.7 Å². The summed E-state index contributed by atoms with van der Waals surface area (Å²) in [6.45, 7) is 5.29. The summed E-state index contributed by atoms with van der Waals surface area (Å²) < 4.78 is 26.4. The number of carbonyl (C=O) groups is 2. The van der Waals surface area contributed by atoms with Crippen molar-refractivity contribution in [1.29, 1.82) is 4.78 Å². The van der Waals surface area contributed by atoms with Gasteiger partial charge in [-0.25, -0.2) is 8.99 Å². The van der Waals surface area contributed by atoms with Gasteiger partial charge in [0, 0.05) is 35.5 Å². The molecule has 1 aliphatic rings. The molecule has 4 rings (SSSR count). The molecule has 2 aromatic heterocycles. The van der Waals surface area contributed by atoms with Crippen LogP contribution in [0.25, 0.3) is 11.3 Å². The number of ether oxygens (including phenoxy) is 1. The minimum atomic E-state index is -3.06. The summed E-state index contributed by atoms with van der Waals surface area (Å²) in [5, 5.41) is 16.5. The zero-order chi connectivity index (χ0) is 27.7. The maximum absolute atomic E-state index is 13.0. The molecule has 0 radical (unpaired) electrons. The Labute approximate surface area is 221 Å². The highest BCUT2D eigenvalue weighted by Gasteiger charge is 2.30. The van der Waals surface area contributed by atoms with E-state index in [-0.39, 0.29) is 23.3 Å². The van der Waals surface area contributed by atoms with Crippen molar-refractivity contribution in [3.8, 4) is 17.0 Å². The number of pyridine rings is 1. The topological polar surface area (TPSA) is 159 Å². The lowest BCUT2D eigenvalue weighted by Gasteiger charge is -2.22. The van der Waals surface area contributed by atoms with E-state index < -0.39 is 20.4 Å². The van der Waals surface area contributed by atoms with Gasteiger partial charge >= 0.3 is 0 Å². The van der Waals surface area contributed by atoms with Crippen molar-refractivity contribution in [2.75, 3.05) is 24.8 Å². The molecule has 0 spiro atoms. The van der Waals surface area contributed by atoms with E-state index in [1.165, 1.54) is 20.4 Å². The zero-order valence-electron chi connectivity index (χ0n) is 21.9. The number of carbonyl (C=O) groups excluding carboxylic acids is 2. The van der Waals surface area contributed by atoms with Crippen LogP contribution >= 0.6 is 0 Å². The molecular weight excluding hydrogens is 506 g/mol. The van der Waals surface area contributed by atoms with Crippen molar-refractivity contribution in [3.63, 3.8) is 0 Å². The van der Waals surface area contributed by atoms with Crippen LogP contribution in [0.15, 0.2) is 47.5 Å². The number of para-hydroxylation sites is 1. The first-order valence-corrected chi connectivity index (χ1v) is 13.6. The molecule has 0 aliphatic heterocycles. The van der Waals surface area contributed by atoms with Crippen LogP contribution in [0.4, 0.5) is 17.2 Å². The van der Waals surface area contributed by atoms with Crippen molar-refractivity contribution in [3.05, 3.63) is 48.3 Å². The zero-order valence-corrected chi connectivity index (χ0v) is 22.7. The normalized spacial score (nSPS) is 14.8. The van der Waals surface area contributed by atoms with Gasteiger partial charge in [0.1, 0.15) is 0 Å². The molecule has 1 atom stereocenters. The monoisotopic (exact) mass is 537 g/mol. The molecule has 0 bridgehead atoms. The van der Waals surface area contributed by atoms with Crippen LogP contribution in [0, 0.1) is 10.7 Å². The van der Waals surface area contributed by atoms with E-state index in [0.29, 0.717) is 33.3 Å². The van der Waals surface area contributed by atoms with Crippen molar-refractivity contribution in [2.24, 2.45) is 5.92 Å². The number of nitrogens with zero attached hydrogens (tertiary/aromatic N) is 3. The number of amides is 2. The number of nitrogens with one attached hydrogen (secondary N) is 4. The highest BCUT2D eigenvalue weighted by molar-refractivity contribution is 7.93. The van der Waals surface area contributed by atoms with E-state index in [1.54, 1.807) is 51.1 Å². The molecule has 4 N–H and O–H groups in total. The summed E-state index contributed by atoms with van der Waals surface area (Å²) in [4.78, 5) is 29.5. The van der Waals surface area contributed by atoms with Crippen molar-refractivity contribution < 1.29 is 18.5 Å². The predicted octanol–water partition coefficient (Wildman–Crippen LogP) is 4.20. The van der Waals surface area contributed by atoms with Crippen LogP contribution in [-0.4, -0.2) is 50.1 Å². The lowest BCUT2D eigenvalue weighted by atomic mass is 10.1. The molecule has 1 aliphatic carbocycles. The molecule has 3 aromatic rings. The number of aromatic nitrogens is 3. The third-order valence-electron chi connectivity index (χ3n) is 6.13. The Balaban J connectivity index is 1.70. The average Bonchev–Trinajstić information content (AvgIpc) is 3.73. The fraction of sp³-hybridized carbons (Fsp3) is 0.346. The molecular formula is C26H31N7O4S. The molecule has 38 heavy (non-hydrogen) atoms. The Kier molecular flexibility index (Phi) is 7.36. The Bertz CT molecular complexity index is 1480. The fourth-order valence-corrected chi connectivity index (χ4v) is 4.84. The van der Waals surface area contributed by atoms with Crippen LogP contribution in [0.2, 0.25) is 0 Å². The summed E-state index contributed by atoms with van der Waals surface area (Å²) in [5.74, 6) is 0.0652. The molecule has 1 fully saturated rings. The van der Waals surface area contributed by atoms with Gasteiger partial charge in [0.15, 0.2) is 17.3 Å². The Hall–Kier alpha value is -4.06. The highest BCUT2D eigenvalue weighted by Crippen LogP contribution is 2.38. The minimum absolute atomic E-state index is 0.0192. The van der Waals surface area contributed by atoms with E-state index in [1.807, 2.05) is 6.07 Å². The standard InChI is InChI=1S/C26H31N7O4S/c1-26(2,3)38(27,36)16-11-12-18(29-14-16)17-7-6-8-19(23(17)37-5)30-20-13-21(31-24(34)15-9-10-15)32-33-22(20)25(35)28-4/h6-8,11-15,27H,9-10H2,1-5H3,(H,28,35)(H2,30,31,32,34). The van der Waals surface area contributed by atoms with Gasteiger partial charge in [-0.1, -0.05) is 6.07 Å². The van der Waals surface area contributed by atoms with Crippen LogP contribution in [0.1, 0.15) is 44.1 Å². The maximum atomic E-state index is 13.0. The molecule has 1 unspecified atom stereocenters. The highest BCUT2D eigenvalue weighted by atomic mass is 32.2. The van der Waals surface area contributed by atoms with Gasteiger partial charge in [-0.2, -0.15) is 0 Å². The Morgan fingerprint density at radius 1 is 1.11 bits per heavy atom. The van der Waals surface area contributed by atoms with Crippen LogP contribution in [0.5, 0.6) is 5.75 Å². The number of hydrogen-bond donors (Lipinski definition) is 4. The first-order chi connectivity index (χ1) is 18.0. The number of rotatable bonds is 8. The van der Waals surface area contributed by atoms with E-state index >= 15 is 0 Å². The minimum Gasteiger partial charge on any atom is -0.494 e. The summed E-state index contributed by atoms with van der Waals surface area (Å²) in [7, 11) is -0.0543. The average molecular weight is 538 g/mol.